The zero-order chi connectivity index (χ0) is 25.7. The highest BCUT2D eigenvalue weighted by Gasteiger charge is 2.10. The number of rotatable bonds is 10. The van der Waals surface area contributed by atoms with Gasteiger partial charge in [0.15, 0.2) is 0 Å². The summed E-state index contributed by atoms with van der Waals surface area (Å²) in [4.78, 5) is 32.9. The summed E-state index contributed by atoms with van der Waals surface area (Å²) in [5, 5.41) is 8.70. The van der Waals surface area contributed by atoms with Gasteiger partial charge in [-0.3, -0.25) is 19.6 Å². The first-order chi connectivity index (χ1) is 18.2. The van der Waals surface area contributed by atoms with Crippen molar-refractivity contribution in [1.29, 1.82) is 0 Å². The molecule has 0 aliphatic rings. The minimum absolute atomic E-state index is 0.148. The van der Waals surface area contributed by atoms with Gasteiger partial charge in [0, 0.05) is 59.9 Å². The lowest BCUT2D eigenvalue weighted by atomic mass is 10.0. The fourth-order valence-electron chi connectivity index (χ4n) is 3.56. The van der Waals surface area contributed by atoms with Crippen LogP contribution in [0.1, 0.15) is 41.5 Å². The summed E-state index contributed by atoms with van der Waals surface area (Å²) in [5.41, 5.74) is 9.90. The van der Waals surface area contributed by atoms with Gasteiger partial charge in [-0.2, -0.15) is 10.2 Å². The normalized spacial score (nSPS) is 11.6. The molecule has 184 valence electrons. The van der Waals surface area contributed by atoms with E-state index in [2.05, 4.69) is 31.0 Å². The minimum Gasteiger partial charge on any atom is -0.273 e. The van der Waals surface area contributed by atoms with Crippen LogP contribution in [-0.2, 0) is 9.59 Å². The molecular weight excluding hydrogens is 464 g/mol. The first-order valence-corrected chi connectivity index (χ1v) is 11.9. The second-order valence-electron chi connectivity index (χ2n) is 8.05. The third kappa shape index (κ3) is 7.50. The predicted molar refractivity (Wildman–Crippen MR) is 143 cm³/mol. The molecule has 0 aliphatic carbocycles. The Labute approximate surface area is 215 Å². The first-order valence-electron chi connectivity index (χ1n) is 11.9. The zero-order valence-electron chi connectivity index (χ0n) is 20.1. The molecule has 0 fully saturated rings. The number of amides is 2. The summed E-state index contributed by atoms with van der Waals surface area (Å²) in [5.74, 6) is -0.555. The summed E-state index contributed by atoms with van der Waals surface area (Å²) >= 11 is 0. The second kappa shape index (κ2) is 13.2. The smallest absolute Gasteiger partial charge is 0.240 e. The third-order valence-corrected chi connectivity index (χ3v) is 5.39. The Hall–Kier alpha value is -4.98. The summed E-state index contributed by atoms with van der Waals surface area (Å²) in [6.07, 6.45) is 7.35. The first kappa shape index (κ1) is 25.1. The van der Waals surface area contributed by atoms with Crippen molar-refractivity contribution < 1.29 is 9.59 Å². The predicted octanol–water partition coefficient (Wildman–Crippen LogP) is 4.08. The van der Waals surface area contributed by atoms with Crippen molar-refractivity contribution in [3.05, 3.63) is 132 Å². The lowest BCUT2D eigenvalue weighted by Crippen LogP contribution is -2.23. The molecule has 4 rings (SSSR count). The molecule has 2 amide bonds. The van der Waals surface area contributed by atoms with Gasteiger partial charge in [0.05, 0.1) is 11.4 Å². The number of nitrogens with one attached hydrogen (secondary N) is 2. The van der Waals surface area contributed by atoms with Crippen LogP contribution in [0.25, 0.3) is 0 Å². The van der Waals surface area contributed by atoms with Crippen LogP contribution >= 0.6 is 0 Å². The molecule has 0 aliphatic heterocycles. The van der Waals surface area contributed by atoms with Crippen LogP contribution in [0.2, 0.25) is 0 Å². The fraction of sp³-hybridized carbons (Fsp3) is 0.103. The molecule has 8 nitrogen and oxygen atoms in total. The molecule has 2 aromatic heterocycles. The highest BCUT2D eigenvalue weighted by atomic mass is 16.2. The maximum Gasteiger partial charge on any atom is 0.240 e. The molecule has 4 aromatic rings. The van der Waals surface area contributed by atoms with Crippen LogP contribution in [0.3, 0.4) is 0 Å². The second-order valence-corrected chi connectivity index (χ2v) is 8.05. The number of carbonyl (C=O) groups excluding carboxylic acids is 2. The largest absolute Gasteiger partial charge is 0.273 e. The quantitative estimate of drug-likeness (QED) is 0.258. The van der Waals surface area contributed by atoms with E-state index in [1.807, 2.05) is 84.9 Å². The Bertz CT molecular complexity index is 1170. The maximum atomic E-state index is 12.4. The molecule has 0 radical (unpaired) electrons. The average molecular weight is 491 g/mol. The zero-order valence-corrected chi connectivity index (χ0v) is 20.1. The molecule has 0 saturated heterocycles. The van der Waals surface area contributed by atoms with Gasteiger partial charge in [-0.15, -0.1) is 0 Å². The molecule has 0 saturated carbocycles. The number of carbonyl (C=O) groups is 2. The van der Waals surface area contributed by atoms with E-state index in [1.165, 1.54) is 0 Å². The molecule has 2 aromatic carbocycles. The number of benzene rings is 2. The van der Waals surface area contributed by atoms with Gasteiger partial charge in [-0.25, -0.2) is 10.9 Å². The Kier molecular flexibility index (Phi) is 8.96. The van der Waals surface area contributed by atoms with Crippen molar-refractivity contribution in [2.24, 2.45) is 10.2 Å². The number of hydrogen-bond donors (Lipinski definition) is 2. The molecule has 37 heavy (non-hydrogen) atoms. The molecular formula is C29H26N6O2. The van der Waals surface area contributed by atoms with Gasteiger partial charge >= 0.3 is 0 Å². The minimum atomic E-state index is -0.277. The molecule has 0 bridgehead atoms. The van der Waals surface area contributed by atoms with Crippen molar-refractivity contribution in [2.45, 2.75) is 19.3 Å². The maximum absolute atomic E-state index is 12.4. The number of pyridine rings is 2. The fourth-order valence-corrected chi connectivity index (χ4v) is 3.56. The molecule has 0 unspecified atom stereocenters. The van der Waals surface area contributed by atoms with Crippen molar-refractivity contribution in [3.63, 3.8) is 0 Å². The standard InChI is InChI=1S/C29H26N6O2/c36-26(32-34-28(22-8-3-1-4-9-22)24-14-18-30-19-15-24)12-7-13-27(37)33-35-29(23-10-5-2-6-11-23)25-16-20-31-21-17-25/h1-6,8-11,14-21H,7,12-13H2,(H,32,36)(H,33,37)/b34-28+,35-29+. The highest BCUT2D eigenvalue weighted by molar-refractivity contribution is 6.13. The molecule has 0 spiro atoms. The van der Waals surface area contributed by atoms with Gasteiger partial charge in [-0.1, -0.05) is 60.7 Å². The van der Waals surface area contributed by atoms with E-state index >= 15 is 0 Å². The van der Waals surface area contributed by atoms with Crippen molar-refractivity contribution >= 4 is 23.2 Å². The Balaban J connectivity index is 1.33. The van der Waals surface area contributed by atoms with Crippen molar-refractivity contribution in [1.82, 2.24) is 20.8 Å². The molecule has 2 N–H and O–H groups in total. The number of hydrazone groups is 2. The van der Waals surface area contributed by atoms with Crippen LogP contribution < -0.4 is 10.9 Å². The van der Waals surface area contributed by atoms with Crippen LogP contribution in [0.5, 0.6) is 0 Å². The van der Waals surface area contributed by atoms with Gasteiger partial charge in [0.1, 0.15) is 0 Å². The van der Waals surface area contributed by atoms with Gasteiger partial charge in [-0.05, 0) is 30.7 Å². The van der Waals surface area contributed by atoms with Crippen LogP contribution in [-0.4, -0.2) is 33.2 Å². The monoisotopic (exact) mass is 490 g/mol. The Morgan fingerprint density at radius 1 is 0.541 bits per heavy atom. The summed E-state index contributed by atoms with van der Waals surface area (Å²) in [6.45, 7) is 0. The van der Waals surface area contributed by atoms with E-state index in [0.717, 1.165) is 22.3 Å². The molecule has 0 atom stereocenters. The third-order valence-electron chi connectivity index (χ3n) is 5.39. The number of nitrogens with zero attached hydrogens (tertiary/aromatic N) is 4. The summed E-state index contributed by atoms with van der Waals surface area (Å²) < 4.78 is 0. The van der Waals surface area contributed by atoms with Crippen LogP contribution in [0.15, 0.2) is 120 Å². The number of aromatic nitrogens is 2. The lowest BCUT2D eigenvalue weighted by Gasteiger charge is -2.08. The van der Waals surface area contributed by atoms with E-state index in [4.69, 9.17) is 0 Å². The van der Waals surface area contributed by atoms with Crippen LogP contribution in [0.4, 0.5) is 0 Å². The Morgan fingerprint density at radius 2 is 0.892 bits per heavy atom. The van der Waals surface area contributed by atoms with E-state index in [0.29, 0.717) is 17.8 Å². The number of hydrogen-bond acceptors (Lipinski definition) is 6. The SMILES string of the molecule is O=C(CCCC(=O)N/N=C(\c1ccccc1)c1ccncc1)N/N=C(\c1ccccc1)c1ccncc1. The average Bonchev–Trinajstić information content (AvgIpc) is 2.95. The molecule has 8 heteroatoms. The van der Waals surface area contributed by atoms with E-state index in [-0.39, 0.29) is 24.7 Å². The highest BCUT2D eigenvalue weighted by Crippen LogP contribution is 2.11. The van der Waals surface area contributed by atoms with E-state index in [1.54, 1.807) is 24.8 Å². The molecule has 2 heterocycles. The summed E-state index contributed by atoms with van der Waals surface area (Å²) in [6, 6.07) is 26.5. The van der Waals surface area contributed by atoms with Gasteiger partial charge in [0.2, 0.25) is 11.8 Å². The van der Waals surface area contributed by atoms with Crippen LogP contribution in [0, 0.1) is 0 Å². The van der Waals surface area contributed by atoms with Crippen molar-refractivity contribution in [2.75, 3.05) is 0 Å². The lowest BCUT2D eigenvalue weighted by molar-refractivity contribution is -0.122. The van der Waals surface area contributed by atoms with Gasteiger partial charge < -0.3 is 0 Å². The van der Waals surface area contributed by atoms with E-state index < -0.39 is 0 Å². The van der Waals surface area contributed by atoms with Crippen molar-refractivity contribution in [3.8, 4) is 0 Å². The van der Waals surface area contributed by atoms with E-state index in [9.17, 15) is 9.59 Å². The van der Waals surface area contributed by atoms with Gasteiger partial charge in [0.25, 0.3) is 0 Å². The topological polar surface area (TPSA) is 109 Å². The summed E-state index contributed by atoms with van der Waals surface area (Å²) in [7, 11) is 0. The Morgan fingerprint density at radius 3 is 1.27 bits per heavy atom.